The van der Waals surface area contributed by atoms with Gasteiger partial charge in [0.15, 0.2) is 17.2 Å². The first-order chi connectivity index (χ1) is 14.0. The quantitative estimate of drug-likeness (QED) is 0.731. The van der Waals surface area contributed by atoms with Crippen molar-refractivity contribution >= 4 is 11.6 Å². The van der Waals surface area contributed by atoms with Crippen LogP contribution < -0.4 is 0 Å². The molecule has 0 aromatic carbocycles. The second-order valence-corrected chi connectivity index (χ2v) is 10.2. The summed E-state index contributed by atoms with van der Waals surface area (Å²) in [5.74, 6) is -1.65. The Bertz CT molecular complexity index is 835. The van der Waals surface area contributed by atoms with E-state index in [0.717, 1.165) is 5.57 Å². The summed E-state index contributed by atoms with van der Waals surface area (Å²) in [6, 6.07) is 0. The number of alkyl halides is 1. The molecule has 0 bridgehead atoms. The minimum Gasteiger partial charge on any atom is -0.390 e. The minimum atomic E-state index is -1.95. The van der Waals surface area contributed by atoms with E-state index in [1.54, 1.807) is 19.9 Å². The lowest BCUT2D eigenvalue weighted by Gasteiger charge is -2.62. The average molecular weight is 421 g/mol. The molecule has 0 spiro atoms. The van der Waals surface area contributed by atoms with Gasteiger partial charge in [-0.2, -0.15) is 0 Å². The average Bonchev–Trinajstić information content (AvgIpc) is 2.89. The number of Topliss-reactive ketones (excluding diaryl/α,β-unsaturated/α-hetero) is 1. The third kappa shape index (κ3) is 2.44. The number of ketones is 2. The Morgan fingerprint density at radius 3 is 2.70 bits per heavy atom. The Labute approximate surface area is 177 Å². The molecule has 3 saturated carbocycles. The number of carbonyl (C=O) groups is 2. The highest BCUT2D eigenvalue weighted by Gasteiger charge is 2.75. The largest absolute Gasteiger partial charge is 0.390 e. The lowest BCUT2D eigenvalue weighted by atomic mass is 9.44. The molecule has 4 aliphatic carbocycles. The van der Waals surface area contributed by atoms with Crippen LogP contribution in [0.5, 0.6) is 0 Å². The van der Waals surface area contributed by atoms with Gasteiger partial charge < -0.3 is 14.9 Å². The van der Waals surface area contributed by atoms with Gasteiger partial charge in [-0.1, -0.05) is 25.5 Å². The van der Waals surface area contributed by atoms with E-state index in [4.69, 9.17) is 4.74 Å². The summed E-state index contributed by atoms with van der Waals surface area (Å²) in [5, 5.41) is 22.9. The van der Waals surface area contributed by atoms with E-state index in [1.807, 2.05) is 13.8 Å². The highest BCUT2D eigenvalue weighted by molar-refractivity contribution is 6.01. The van der Waals surface area contributed by atoms with E-state index in [9.17, 15) is 19.8 Å². The van der Waals surface area contributed by atoms with Gasteiger partial charge in [0.25, 0.3) is 0 Å². The van der Waals surface area contributed by atoms with E-state index < -0.39 is 34.1 Å². The van der Waals surface area contributed by atoms with Crippen molar-refractivity contribution in [1.29, 1.82) is 0 Å². The third-order valence-corrected chi connectivity index (χ3v) is 9.08. The van der Waals surface area contributed by atoms with Crippen molar-refractivity contribution in [2.45, 2.75) is 70.8 Å². The molecule has 0 aliphatic heterocycles. The zero-order valence-corrected chi connectivity index (χ0v) is 18.3. The third-order valence-electron chi connectivity index (χ3n) is 9.08. The van der Waals surface area contributed by atoms with Crippen LogP contribution in [0.25, 0.3) is 0 Å². The number of ether oxygens (including phenoxy) is 1. The molecule has 0 aromatic rings. The number of aliphatic hydroxyl groups excluding tert-OH is 1. The van der Waals surface area contributed by atoms with Crippen molar-refractivity contribution in [3.63, 3.8) is 0 Å². The van der Waals surface area contributed by atoms with Crippen molar-refractivity contribution in [3.05, 3.63) is 23.8 Å². The predicted octanol–water partition coefficient (Wildman–Crippen LogP) is 2.94. The van der Waals surface area contributed by atoms with Crippen molar-refractivity contribution in [3.8, 4) is 0 Å². The van der Waals surface area contributed by atoms with Gasteiger partial charge in [-0.15, -0.1) is 0 Å². The lowest BCUT2D eigenvalue weighted by Crippen LogP contribution is -2.69. The number of rotatable bonds is 4. The molecule has 5 nitrogen and oxygen atoms in total. The van der Waals surface area contributed by atoms with Gasteiger partial charge in [0.05, 0.1) is 6.10 Å². The Kier molecular flexibility index (Phi) is 4.96. The number of aliphatic hydroxyl groups is 2. The molecule has 4 aliphatic rings. The molecule has 3 fully saturated rings. The molecule has 0 heterocycles. The Hall–Kier alpha value is -1.37. The van der Waals surface area contributed by atoms with Gasteiger partial charge >= 0.3 is 0 Å². The van der Waals surface area contributed by atoms with Crippen LogP contribution in [0.3, 0.4) is 0 Å². The predicted molar refractivity (Wildman–Crippen MR) is 109 cm³/mol. The van der Waals surface area contributed by atoms with Crippen molar-refractivity contribution in [2.24, 2.45) is 28.6 Å². The van der Waals surface area contributed by atoms with Crippen LogP contribution in [0.4, 0.5) is 4.39 Å². The Balaban J connectivity index is 1.77. The van der Waals surface area contributed by atoms with E-state index >= 15 is 4.39 Å². The Morgan fingerprint density at radius 1 is 1.33 bits per heavy atom. The molecule has 8 atom stereocenters. The zero-order chi connectivity index (χ0) is 22.1. The number of hydrogen-bond acceptors (Lipinski definition) is 5. The van der Waals surface area contributed by atoms with E-state index in [1.165, 1.54) is 12.2 Å². The van der Waals surface area contributed by atoms with E-state index in [-0.39, 0.29) is 36.4 Å². The SMILES string of the molecule is CCOCC(=O)[C@@]1(O)[C@H](C)C[C@H]2[C@@H]3CCC4=CC(=O)C=C[C@]4(C)[C@@]3(F)[C@@H](O)C[C@@]21C. The van der Waals surface area contributed by atoms with Gasteiger partial charge in [-0.25, -0.2) is 4.39 Å². The maximum atomic E-state index is 17.0. The molecule has 0 aromatic heterocycles. The van der Waals surface area contributed by atoms with Crippen molar-refractivity contribution in [2.75, 3.05) is 13.2 Å². The van der Waals surface area contributed by atoms with Crippen LogP contribution in [-0.4, -0.2) is 52.4 Å². The molecule has 30 heavy (non-hydrogen) atoms. The fourth-order valence-electron chi connectivity index (χ4n) is 7.45. The van der Waals surface area contributed by atoms with Crippen LogP contribution in [-0.2, 0) is 14.3 Å². The second-order valence-electron chi connectivity index (χ2n) is 10.2. The topological polar surface area (TPSA) is 83.8 Å². The van der Waals surface area contributed by atoms with Crippen LogP contribution in [0.2, 0.25) is 0 Å². The summed E-state index contributed by atoms with van der Waals surface area (Å²) in [6.07, 6.45) is 4.74. The maximum Gasteiger partial charge on any atom is 0.190 e. The Morgan fingerprint density at radius 2 is 2.03 bits per heavy atom. The molecule has 166 valence electrons. The smallest absolute Gasteiger partial charge is 0.190 e. The maximum absolute atomic E-state index is 17.0. The van der Waals surface area contributed by atoms with Gasteiger partial charge in [-0.05, 0) is 63.5 Å². The zero-order valence-electron chi connectivity index (χ0n) is 18.3. The summed E-state index contributed by atoms with van der Waals surface area (Å²) >= 11 is 0. The summed E-state index contributed by atoms with van der Waals surface area (Å²) in [7, 11) is 0. The van der Waals surface area contributed by atoms with Crippen molar-refractivity contribution in [1.82, 2.24) is 0 Å². The molecule has 0 saturated heterocycles. The highest BCUT2D eigenvalue weighted by atomic mass is 19.1. The first-order valence-corrected chi connectivity index (χ1v) is 11.1. The van der Waals surface area contributed by atoms with Crippen molar-refractivity contribution < 1.29 is 28.9 Å². The molecule has 4 rings (SSSR count). The summed E-state index contributed by atoms with van der Waals surface area (Å²) in [4.78, 5) is 25.0. The summed E-state index contributed by atoms with van der Waals surface area (Å²) in [6.45, 7) is 7.42. The molecule has 0 amide bonds. The van der Waals surface area contributed by atoms with Crippen LogP contribution in [0, 0.1) is 28.6 Å². The molecule has 6 heteroatoms. The second kappa shape index (κ2) is 6.81. The van der Waals surface area contributed by atoms with Crippen LogP contribution in [0.1, 0.15) is 53.4 Å². The fraction of sp³-hybridized carbons (Fsp3) is 0.750. The molecular weight excluding hydrogens is 387 g/mol. The fourth-order valence-corrected chi connectivity index (χ4v) is 7.45. The molecule has 2 N–H and O–H groups in total. The van der Waals surface area contributed by atoms with Crippen LogP contribution >= 0.6 is 0 Å². The first kappa shape index (κ1) is 21.8. The summed E-state index contributed by atoms with van der Waals surface area (Å²) < 4.78 is 22.3. The number of carbonyl (C=O) groups excluding carboxylic acids is 2. The number of fused-ring (bicyclic) bond motifs is 5. The van der Waals surface area contributed by atoms with Gasteiger partial charge in [0.2, 0.25) is 0 Å². The number of allylic oxidation sites excluding steroid dienone is 4. The molecular formula is C24H33FO5. The van der Waals surface area contributed by atoms with Gasteiger partial charge in [-0.3, -0.25) is 9.59 Å². The molecule has 0 radical (unpaired) electrons. The van der Waals surface area contributed by atoms with E-state index in [2.05, 4.69) is 0 Å². The van der Waals surface area contributed by atoms with E-state index in [0.29, 0.717) is 25.9 Å². The first-order valence-electron chi connectivity index (χ1n) is 11.1. The minimum absolute atomic E-state index is 0.00592. The lowest BCUT2D eigenvalue weighted by molar-refractivity contribution is -0.219. The number of hydrogen-bond donors (Lipinski definition) is 2. The number of halogens is 1. The van der Waals surface area contributed by atoms with Gasteiger partial charge in [0.1, 0.15) is 12.2 Å². The highest BCUT2D eigenvalue weighted by Crippen LogP contribution is 2.70. The summed E-state index contributed by atoms with van der Waals surface area (Å²) in [5.41, 5.74) is -4.89. The normalized spacial score (nSPS) is 49.8. The molecule has 0 unspecified atom stereocenters. The van der Waals surface area contributed by atoms with Gasteiger partial charge in [0, 0.05) is 23.4 Å². The van der Waals surface area contributed by atoms with Crippen LogP contribution in [0.15, 0.2) is 23.8 Å². The monoisotopic (exact) mass is 420 g/mol. The standard InChI is InChI=1S/C24H33FO5/c1-5-30-13-20(28)24(29)14(2)10-18-17-7-6-15-11-16(26)8-9-21(15,3)23(17,25)19(27)12-22(18,24)4/h8-9,11,14,17-19,27,29H,5-7,10,12-13H2,1-4H3/t14-,17+,18+,19+,21+,22+,23+,24+/m1/s1.